The van der Waals surface area contributed by atoms with E-state index in [1.807, 2.05) is 0 Å². The van der Waals surface area contributed by atoms with E-state index in [0.29, 0.717) is 10.9 Å². The third-order valence-corrected chi connectivity index (χ3v) is 2.95. The lowest BCUT2D eigenvalue weighted by Gasteiger charge is -2.00. The highest BCUT2D eigenvalue weighted by Gasteiger charge is 2.48. The Bertz CT molecular complexity index is 477. The van der Waals surface area contributed by atoms with Crippen molar-refractivity contribution in [1.82, 2.24) is 4.98 Å². The summed E-state index contributed by atoms with van der Waals surface area (Å²) in [4.78, 5) is 24.9. The van der Waals surface area contributed by atoms with Gasteiger partial charge in [-0.25, -0.2) is 0 Å². The molecule has 0 aliphatic heterocycles. The zero-order valence-corrected chi connectivity index (χ0v) is 9.55. The van der Waals surface area contributed by atoms with Gasteiger partial charge in [0, 0.05) is 22.7 Å². The summed E-state index contributed by atoms with van der Waals surface area (Å²) < 4.78 is 0.510. The van der Waals surface area contributed by atoms with E-state index in [1.165, 1.54) is 12.3 Å². The minimum absolute atomic E-state index is 0.122. The third-order valence-electron chi connectivity index (χ3n) is 2.52. The van der Waals surface area contributed by atoms with Crippen molar-refractivity contribution in [2.75, 3.05) is 0 Å². The van der Waals surface area contributed by atoms with Crippen LogP contribution in [0.1, 0.15) is 18.0 Å². The van der Waals surface area contributed by atoms with Crippen molar-refractivity contribution in [2.24, 2.45) is 5.92 Å². The van der Waals surface area contributed by atoms with E-state index in [0.717, 1.165) is 0 Å². The van der Waals surface area contributed by atoms with E-state index < -0.39 is 16.8 Å². The molecule has 84 valence electrons. The van der Waals surface area contributed by atoms with Gasteiger partial charge in [0.05, 0.1) is 10.8 Å². The van der Waals surface area contributed by atoms with Gasteiger partial charge in [-0.05, 0) is 22.4 Å². The van der Waals surface area contributed by atoms with Gasteiger partial charge in [0.15, 0.2) is 0 Å². The molecule has 1 aromatic heterocycles. The van der Waals surface area contributed by atoms with E-state index in [9.17, 15) is 14.9 Å². The Morgan fingerprint density at radius 1 is 1.69 bits per heavy atom. The molecule has 0 radical (unpaired) electrons. The van der Waals surface area contributed by atoms with E-state index in [2.05, 4.69) is 20.9 Å². The molecule has 2 atom stereocenters. The number of nitro groups is 1. The van der Waals surface area contributed by atoms with Crippen LogP contribution in [0, 0.1) is 16.0 Å². The minimum Gasteiger partial charge on any atom is -0.481 e. The Hall–Kier alpha value is -1.50. The maximum absolute atomic E-state index is 10.8. The molecule has 0 saturated heterocycles. The Morgan fingerprint density at radius 3 is 2.88 bits per heavy atom. The lowest BCUT2D eigenvalue weighted by Crippen LogP contribution is -2.02. The Labute approximate surface area is 98.6 Å². The first-order valence-electron chi connectivity index (χ1n) is 4.53. The molecule has 7 heteroatoms. The van der Waals surface area contributed by atoms with Crippen LogP contribution in [0.5, 0.6) is 0 Å². The molecule has 0 unspecified atom stereocenters. The molecule has 1 saturated carbocycles. The van der Waals surface area contributed by atoms with Crippen LogP contribution < -0.4 is 0 Å². The molecule has 1 fully saturated rings. The average Bonchev–Trinajstić information content (AvgIpc) is 2.97. The molecule has 1 N–H and O–H groups in total. The number of carbonyl (C=O) groups is 1. The Morgan fingerprint density at radius 2 is 2.38 bits per heavy atom. The normalized spacial score (nSPS) is 22.8. The van der Waals surface area contributed by atoms with Gasteiger partial charge in [0.2, 0.25) is 0 Å². The quantitative estimate of drug-likeness (QED) is 0.677. The van der Waals surface area contributed by atoms with Crippen LogP contribution >= 0.6 is 15.9 Å². The highest BCUT2D eigenvalue weighted by molar-refractivity contribution is 9.10. The summed E-state index contributed by atoms with van der Waals surface area (Å²) in [5.41, 5.74) is 0.142. The van der Waals surface area contributed by atoms with Crippen LogP contribution in [0.2, 0.25) is 0 Å². The molecule has 6 nitrogen and oxygen atoms in total. The summed E-state index contributed by atoms with van der Waals surface area (Å²) >= 11 is 3.09. The monoisotopic (exact) mass is 286 g/mol. The Kier molecular flexibility index (Phi) is 2.63. The molecule has 1 aliphatic rings. The molecule has 1 aromatic rings. The molecule has 0 aromatic carbocycles. The van der Waals surface area contributed by atoms with Crippen LogP contribution in [0.4, 0.5) is 5.69 Å². The zero-order valence-electron chi connectivity index (χ0n) is 7.96. The van der Waals surface area contributed by atoms with Crippen molar-refractivity contribution < 1.29 is 14.8 Å². The highest BCUT2D eigenvalue weighted by Crippen LogP contribution is 2.49. The summed E-state index contributed by atoms with van der Waals surface area (Å²) in [6, 6.07) is 1.35. The molecular weight excluding hydrogens is 280 g/mol. The summed E-state index contributed by atoms with van der Waals surface area (Å²) in [5.74, 6) is -1.79. The summed E-state index contributed by atoms with van der Waals surface area (Å²) in [7, 11) is 0. The van der Waals surface area contributed by atoms with Crippen LogP contribution in [-0.2, 0) is 4.79 Å². The van der Waals surface area contributed by atoms with Crippen LogP contribution in [0.25, 0.3) is 0 Å². The van der Waals surface area contributed by atoms with Gasteiger partial charge in [-0.15, -0.1) is 0 Å². The van der Waals surface area contributed by atoms with E-state index in [1.54, 1.807) is 0 Å². The van der Waals surface area contributed by atoms with Crippen molar-refractivity contribution in [1.29, 1.82) is 0 Å². The van der Waals surface area contributed by atoms with E-state index in [-0.39, 0.29) is 17.3 Å². The van der Waals surface area contributed by atoms with Gasteiger partial charge in [0.1, 0.15) is 5.69 Å². The first-order chi connectivity index (χ1) is 7.50. The first kappa shape index (κ1) is 11.0. The van der Waals surface area contributed by atoms with Crippen molar-refractivity contribution in [3.8, 4) is 0 Å². The van der Waals surface area contributed by atoms with Crippen LogP contribution in [0.3, 0.4) is 0 Å². The number of hydrogen-bond donors (Lipinski definition) is 1. The molecule has 0 spiro atoms. The lowest BCUT2D eigenvalue weighted by molar-refractivity contribution is -0.386. The molecule has 16 heavy (non-hydrogen) atoms. The SMILES string of the molecule is O=C(O)[C@@H]1C[C@H]1c1ncc(Br)cc1[N+](=O)[O-]. The predicted molar refractivity (Wildman–Crippen MR) is 57.1 cm³/mol. The number of rotatable bonds is 3. The zero-order chi connectivity index (χ0) is 11.9. The Balaban J connectivity index is 2.35. The second-order valence-corrected chi connectivity index (χ2v) is 4.52. The highest BCUT2D eigenvalue weighted by atomic mass is 79.9. The largest absolute Gasteiger partial charge is 0.481 e. The summed E-state index contributed by atoms with van der Waals surface area (Å²) in [6.45, 7) is 0. The average molecular weight is 287 g/mol. The first-order valence-corrected chi connectivity index (χ1v) is 5.32. The summed E-state index contributed by atoms with van der Waals surface area (Å²) in [6.07, 6.45) is 1.87. The van der Waals surface area contributed by atoms with E-state index >= 15 is 0 Å². The van der Waals surface area contributed by atoms with Gasteiger partial charge in [-0.3, -0.25) is 19.9 Å². The van der Waals surface area contributed by atoms with Gasteiger partial charge in [-0.2, -0.15) is 0 Å². The molecule has 0 bridgehead atoms. The third kappa shape index (κ3) is 1.90. The second-order valence-electron chi connectivity index (χ2n) is 3.60. The van der Waals surface area contributed by atoms with Crippen molar-refractivity contribution >= 4 is 27.6 Å². The molecule has 2 rings (SSSR count). The number of nitrogens with zero attached hydrogens (tertiary/aromatic N) is 2. The number of halogens is 1. The van der Waals surface area contributed by atoms with E-state index in [4.69, 9.17) is 5.11 Å². The molecule has 1 aliphatic carbocycles. The minimum atomic E-state index is -0.927. The van der Waals surface area contributed by atoms with Crippen molar-refractivity contribution in [3.05, 3.63) is 32.5 Å². The number of pyridine rings is 1. The standard InChI is InChI=1S/C9H7BrN2O4/c10-4-1-7(12(15)16)8(11-3-4)5-2-6(5)9(13)14/h1,3,5-6H,2H2,(H,13,14)/t5-,6-/m1/s1. The predicted octanol–water partition coefficient (Wildman–Crippen LogP) is 1.94. The van der Waals surface area contributed by atoms with Crippen molar-refractivity contribution in [3.63, 3.8) is 0 Å². The van der Waals surface area contributed by atoms with Gasteiger partial charge < -0.3 is 5.11 Å². The topological polar surface area (TPSA) is 93.3 Å². The fourth-order valence-corrected chi connectivity index (χ4v) is 1.96. The smallest absolute Gasteiger partial charge is 0.307 e. The second kappa shape index (κ2) is 3.82. The number of aliphatic carboxylic acids is 1. The fraction of sp³-hybridized carbons (Fsp3) is 0.333. The summed E-state index contributed by atoms with van der Waals surface area (Å²) in [5, 5.41) is 19.5. The van der Waals surface area contributed by atoms with Crippen LogP contribution in [0.15, 0.2) is 16.7 Å². The number of carboxylic acids is 1. The van der Waals surface area contributed by atoms with Gasteiger partial charge in [0.25, 0.3) is 5.69 Å². The molecular formula is C9H7BrN2O4. The number of carboxylic acid groups (broad SMARTS) is 1. The lowest BCUT2D eigenvalue weighted by atomic mass is 10.2. The maximum Gasteiger partial charge on any atom is 0.307 e. The number of hydrogen-bond acceptors (Lipinski definition) is 4. The van der Waals surface area contributed by atoms with Crippen molar-refractivity contribution in [2.45, 2.75) is 12.3 Å². The molecule has 1 heterocycles. The maximum atomic E-state index is 10.8. The van der Waals surface area contributed by atoms with Gasteiger partial charge in [-0.1, -0.05) is 0 Å². The van der Waals surface area contributed by atoms with Crippen LogP contribution in [-0.4, -0.2) is 21.0 Å². The fourth-order valence-electron chi connectivity index (χ4n) is 1.64. The van der Waals surface area contributed by atoms with Gasteiger partial charge >= 0.3 is 5.97 Å². The molecule has 0 amide bonds. The number of aromatic nitrogens is 1.